The van der Waals surface area contributed by atoms with Crippen LogP contribution in [0.2, 0.25) is 5.02 Å². The Kier molecular flexibility index (Phi) is 9.93. The van der Waals surface area contributed by atoms with Crippen molar-refractivity contribution in [3.63, 3.8) is 0 Å². The predicted octanol–water partition coefficient (Wildman–Crippen LogP) is 5.60. The summed E-state index contributed by atoms with van der Waals surface area (Å²) >= 11 is 7.58. The Morgan fingerprint density at radius 2 is 1.65 bits per heavy atom. The van der Waals surface area contributed by atoms with E-state index in [2.05, 4.69) is 15.5 Å². The average Bonchev–Trinajstić information content (AvgIpc) is 3.45. The molecule has 208 valence electrons. The summed E-state index contributed by atoms with van der Waals surface area (Å²) in [6, 6.07) is 19.9. The molecule has 4 rings (SSSR count). The molecule has 1 aromatic heterocycles. The quantitative estimate of drug-likeness (QED) is 0.233. The number of hydrogen-bond acceptors (Lipinski definition) is 8. The van der Waals surface area contributed by atoms with Crippen LogP contribution in [0.15, 0.2) is 66.7 Å². The Balaban J connectivity index is 1.42. The van der Waals surface area contributed by atoms with Crippen molar-refractivity contribution in [1.82, 2.24) is 15.1 Å². The number of carbonyl (C=O) groups is 2. The Labute approximate surface area is 241 Å². The van der Waals surface area contributed by atoms with Gasteiger partial charge >= 0.3 is 0 Å². The maximum Gasteiger partial charge on any atom is 0.255 e. The van der Waals surface area contributed by atoms with Gasteiger partial charge in [0, 0.05) is 25.1 Å². The molecule has 0 radical (unpaired) electrons. The minimum atomic E-state index is -0.277. The molecule has 0 unspecified atom stereocenters. The molecule has 1 N–H and O–H groups in total. The fourth-order valence-corrected chi connectivity index (χ4v) is 4.94. The molecule has 3 aromatic carbocycles. The second-order valence-corrected chi connectivity index (χ2v) is 10.0. The summed E-state index contributed by atoms with van der Waals surface area (Å²) in [6.45, 7) is 0.556. The minimum Gasteiger partial charge on any atom is -0.497 e. The van der Waals surface area contributed by atoms with Crippen molar-refractivity contribution in [2.75, 3.05) is 39.7 Å². The van der Waals surface area contributed by atoms with E-state index >= 15 is 0 Å². The maximum absolute atomic E-state index is 13.4. The van der Waals surface area contributed by atoms with Crippen molar-refractivity contribution in [1.29, 1.82) is 0 Å². The van der Waals surface area contributed by atoms with Gasteiger partial charge in [-0.1, -0.05) is 41.1 Å². The number of methoxy groups -OCH3 is 3. The summed E-state index contributed by atoms with van der Waals surface area (Å²) in [4.78, 5) is 27.9. The lowest BCUT2D eigenvalue weighted by Crippen LogP contribution is -2.35. The number of halogens is 1. The van der Waals surface area contributed by atoms with Gasteiger partial charge in [-0.2, -0.15) is 0 Å². The zero-order valence-electron chi connectivity index (χ0n) is 22.3. The van der Waals surface area contributed by atoms with Gasteiger partial charge < -0.3 is 24.4 Å². The SMILES string of the molecule is COc1ccc(-c2nnc(NC(=O)CCN(CCc3ccc(OC)c(OC)c3)C(=O)c3ccccc3Cl)s2)cc1. The smallest absolute Gasteiger partial charge is 0.255 e. The standard InChI is InChI=1S/C29H29ClN4O5S/c1-37-21-11-9-20(10-12-21)27-32-33-29(40-27)31-26(35)15-17-34(28(36)22-6-4-5-7-23(22)30)16-14-19-8-13-24(38-2)25(18-19)39-3/h4-13,18H,14-17H2,1-3H3,(H,31,33,35). The number of benzene rings is 3. The van der Waals surface area contributed by atoms with E-state index in [0.717, 1.165) is 16.9 Å². The predicted molar refractivity (Wildman–Crippen MR) is 156 cm³/mol. The lowest BCUT2D eigenvalue weighted by atomic mass is 10.1. The van der Waals surface area contributed by atoms with E-state index in [1.807, 2.05) is 42.5 Å². The number of aromatic nitrogens is 2. The van der Waals surface area contributed by atoms with Crippen LogP contribution in [0, 0.1) is 0 Å². The zero-order valence-corrected chi connectivity index (χ0v) is 23.9. The number of rotatable bonds is 12. The maximum atomic E-state index is 13.4. The number of ether oxygens (including phenoxy) is 3. The van der Waals surface area contributed by atoms with Crippen LogP contribution in [0.4, 0.5) is 5.13 Å². The lowest BCUT2D eigenvalue weighted by Gasteiger charge is -2.23. The van der Waals surface area contributed by atoms with Crippen molar-refractivity contribution in [3.05, 3.63) is 82.9 Å². The highest BCUT2D eigenvalue weighted by atomic mass is 35.5. The number of carbonyl (C=O) groups excluding carboxylic acids is 2. The summed E-state index contributed by atoms with van der Waals surface area (Å²) in [5.41, 5.74) is 2.20. The van der Waals surface area contributed by atoms with Gasteiger partial charge in [-0.3, -0.25) is 9.59 Å². The number of hydrogen-bond donors (Lipinski definition) is 1. The normalized spacial score (nSPS) is 10.6. The van der Waals surface area contributed by atoms with Crippen molar-refractivity contribution in [2.45, 2.75) is 12.8 Å². The molecule has 0 aliphatic rings. The molecule has 0 aliphatic heterocycles. The van der Waals surface area contributed by atoms with Crippen molar-refractivity contribution in [2.24, 2.45) is 0 Å². The summed E-state index contributed by atoms with van der Waals surface area (Å²) in [7, 11) is 4.76. The van der Waals surface area contributed by atoms with Gasteiger partial charge in [0.1, 0.15) is 10.8 Å². The Morgan fingerprint density at radius 3 is 2.35 bits per heavy atom. The molecule has 40 heavy (non-hydrogen) atoms. The third-order valence-corrected chi connectivity index (χ3v) is 7.34. The van der Waals surface area contributed by atoms with Gasteiger partial charge in [0.2, 0.25) is 11.0 Å². The molecule has 9 nitrogen and oxygen atoms in total. The fourth-order valence-electron chi connectivity index (χ4n) is 3.96. The second kappa shape index (κ2) is 13.8. The molecule has 4 aromatic rings. The molecule has 1 heterocycles. The zero-order chi connectivity index (χ0) is 28.5. The molecule has 0 atom stereocenters. The van der Waals surface area contributed by atoms with E-state index in [4.69, 9.17) is 25.8 Å². The van der Waals surface area contributed by atoms with Crippen LogP contribution < -0.4 is 19.5 Å². The van der Waals surface area contributed by atoms with Gasteiger partial charge in [0.05, 0.1) is 31.9 Å². The van der Waals surface area contributed by atoms with Gasteiger partial charge in [-0.25, -0.2) is 0 Å². The molecule has 11 heteroatoms. The molecule has 0 saturated heterocycles. The first-order chi connectivity index (χ1) is 19.4. The Hall–Kier alpha value is -4.15. The first-order valence-corrected chi connectivity index (χ1v) is 13.6. The van der Waals surface area contributed by atoms with E-state index in [0.29, 0.717) is 45.2 Å². The van der Waals surface area contributed by atoms with Crippen LogP contribution in [0.1, 0.15) is 22.3 Å². The van der Waals surface area contributed by atoms with Crippen molar-refractivity contribution < 1.29 is 23.8 Å². The molecule has 0 fully saturated rings. The first kappa shape index (κ1) is 28.8. The molecular formula is C29H29ClN4O5S. The topological polar surface area (TPSA) is 103 Å². The lowest BCUT2D eigenvalue weighted by molar-refractivity contribution is -0.116. The van der Waals surface area contributed by atoms with Gasteiger partial charge in [0.25, 0.3) is 5.91 Å². The van der Waals surface area contributed by atoms with Crippen LogP contribution in [0.5, 0.6) is 17.2 Å². The van der Waals surface area contributed by atoms with E-state index < -0.39 is 0 Å². The fraction of sp³-hybridized carbons (Fsp3) is 0.241. The molecule has 0 bridgehead atoms. The summed E-state index contributed by atoms with van der Waals surface area (Å²) in [6.07, 6.45) is 0.610. The van der Waals surface area contributed by atoms with Crippen molar-refractivity contribution in [3.8, 4) is 27.8 Å². The second-order valence-electron chi connectivity index (χ2n) is 8.65. The molecule has 0 saturated carbocycles. The average molecular weight is 581 g/mol. The minimum absolute atomic E-state index is 0.0690. The highest BCUT2D eigenvalue weighted by Crippen LogP contribution is 2.29. The van der Waals surface area contributed by atoms with Gasteiger partial charge in [0.15, 0.2) is 11.5 Å². The van der Waals surface area contributed by atoms with Crippen LogP contribution in [0.25, 0.3) is 10.6 Å². The van der Waals surface area contributed by atoms with E-state index in [1.165, 1.54) is 11.3 Å². The number of amides is 2. The van der Waals surface area contributed by atoms with Crippen molar-refractivity contribution >= 4 is 39.9 Å². The number of nitrogens with zero attached hydrogens (tertiary/aromatic N) is 3. The number of nitrogens with one attached hydrogen (secondary N) is 1. The van der Waals surface area contributed by atoms with E-state index in [1.54, 1.807) is 50.5 Å². The highest BCUT2D eigenvalue weighted by Gasteiger charge is 2.20. The third-order valence-electron chi connectivity index (χ3n) is 6.13. The van der Waals surface area contributed by atoms with E-state index in [-0.39, 0.29) is 24.8 Å². The van der Waals surface area contributed by atoms with Crippen LogP contribution in [0.3, 0.4) is 0 Å². The molecular weight excluding hydrogens is 552 g/mol. The number of anilines is 1. The van der Waals surface area contributed by atoms with Crippen LogP contribution >= 0.6 is 22.9 Å². The molecule has 0 aliphatic carbocycles. The molecule has 2 amide bonds. The molecule has 0 spiro atoms. The summed E-state index contributed by atoms with van der Waals surface area (Å²) in [5.74, 6) is 1.44. The highest BCUT2D eigenvalue weighted by molar-refractivity contribution is 7.18. The summed E-state index contributed by atoms with van der Waals surface area (Å²) < 4.78 is 15.9. The summed E-state index contributed by atoms with van der Waals surface area (Å²) in [5, 5.41) is 12.5. The van der Waals surface area contributed by atoms with E-state index in [9.17, 15) is 9.59 Å². The monoisotopic (exact) mass is 580 g/mol. The third kappa shape index (κ3) is 7.28. The largest absolute Gasteiger partial charge is 0.497 e. The van der Waals surface area contributed by atoms with Gasteiger partial charge in [-0.05, 0) is 60.5 Å². The Bertz CT molecular complexity index is 1460. The first-order valence-electron chi connectivity index (χ1n) is 12.4. The Morgan fingerprint density at radius 1 is 0.900 bits per heavy atom. The van der Waals surface area contributed by atoms with Gasteiger partial charge in [-0.15, -0.1) is 10.2 Å². The van der Waals surface area contributed by atoms with Crippen LogP contribution in [-0.4, -0.2) is 61.3 Å². The van der Waals surface area contributed by atoms with Crippen LogP contribution in [-0.2, 0) is 11.2 Å².